The summed E-state index contributed by atoms with van der Waals surface area (Å²) in [4.78, 5) is 10.8. The summed E-state index contributed by atoms with van der Waals surface area (Å²) in [5.41, 5.74) is 0.257. The molecule has 0 bridgehead atoms. The van der Waals surface area contributed by atoms with Crippen molar-refractivity contribution in [1.82, 2.24) is 0 Å². The highest BCUT2D eigenvalue weighted by atomic mass is 16.1. The van der Waals surface area contributed by atoms with Crippen LogP contribution in [0.1, 0.15) is 53.9 Å². The van der Waals surface area contributed by atoms with Crippen molar-refractivity contribution in [3.63, 3.8) is 0 Å². The third-order valence-electron chi connectivity index (χ3n) is 2.54. The molecule has 0 amide bonds. The van der Waals surface area contributed by atoms with Gasteiger partial charge in [0.25, 0.3) is 0 Å². The van der Waals surface area contributed by atoms with E-state index < -0.39 is 0 Å². The van der Waals surface area contributed by atoms with Crippen LogP contribution in [-0.4, -0.2) is 6.29 Å². The lowest BCUT2D eigenvalue weighted by molar-refractivity contribution is -0.116. The molecule has 12 heavy (non-hydrogen) atoms. The molecule has 0 aliphatic rings. The van der Waals surface area contributed by atoms with Crippen LogP contribution < -0.4 is 0 Å². The molecule has 0 saturated heterocycles. The lowest BCUT2D eigenvalue weighted by Gasteiger charge is -2.26. The van der Waals surface area contributed by atoms with Crippen molar-refractivity contribution in [3.05, 3.63) is 0 Å². The Balaban J connectivity index is 3.98. The smallest absolute Gasteiger partial charge is 0.125 e. The van der Waals surface area contributed by atoms with Crippen LogP contribution in [0.15, 0.2) is 0 Å². The zero-order chi connectivity index (χ0) is 9.83. The largest absolute Gasteiger partial charge is 0.303 e. The molecule has 1 nitrogen and oxygen atoms in total. The topological polar surface area (TPSA) is 17.1 Å². The van der Waals surface area contributed by atoms with Gasteiger partial charge in [-0.15, -0.1) is 0 Å². The molecule has 1 atom stereocenters. The van der Waals surface area contributed by atoms with Crippen LogP contribution in [0.5, 0.6) is 0 Å². The van der Waals surface area contributed by atoms with E-state index in [1.54, 1.807) is 0 Å². The molecule has 0 aromatic heterocycles. The molecule has 0 aromatic carbocycles. The Hall–Kier alpha value is -0.330. The summed E-state index contributed by atoms with van der Waals surface area (Å²) in [6.07, 6.45) is 4.19. The predicted molar refractivity (Wildman–Crippen MR) is 53.2 cm³/mol. The minimum atomic E-state index is -0.0900. The average Bonchev–Trinajstić information content (AvgIpc) is 1.99. The van der Waals surface area contributed by atoms with E-state index in [-0.39, 0.29) is 5.41 Å². The second-order valence-corrected chi connectivity index (χ2v) is 5.19. The van der Waals surface area contributed by atoms with Crippen LogP contribution in [0.25, 0.3) is 0 Å². The minimum Gasteiger partial charge on any atom is -0.303 e. The van der Waals surface area contributed by atoms with E-state index in [0.717, 1.165) is 25.5 Å². The predicted octanol–water partition coefficient (Wildman–Crippen LogP) is 3.43. The maximum absolute atomic E-state index is 10.8. The first-order valence-corrected chi connectivity index (χ1v) is 4.79. The Morgan fingerprint density at radius 1 is 1.08 bits per heavy atom. The molecule has 1 unspecified atom stereocenters. The Morgan fingerprint density at radius 2 is 1.58 bits per heavy atom. The molecule has 0 saturated carbocycles. The highest BCUT2D eigenvalue weighted by Crippen LogP contribution is 2.31. The van der Waals surface area contributed by atoms with Gasteiger partial charge in [0.15, 0.2) is 0 Å². The van der Waals surface area contributed by atoms with E-state index in [1.165, 1.54) is 0 Å². The molecule has 0 aliphatic carbocycles. The van der Waals surface area contributed by atoms with Crippen molar-refractivity contribution in [2.24, 2.45) is 10.8 Å². The highest BCUT2D eigenvalue weighted by Gasteiger charge is 2.23. The van der Waals surface area contributed by atoms with Gasteiger partial charge in [-0.2, -0.15) is 0 Å². The van der Waals surface area contributed by atoms with Gasteiger partial charge in [-0.3, -0.25) is 0 Å². The van der Waals surface area contributed by atoms with E-state index >= 15 is 0 Å². The molecule has 0 heterocycles. The van der Waals surface area contributed by atoms with E-state index in [2.05, 4.69) is 27.7 Å². The lowest BCUT2D eigenvalue weighted by Crippen LogP contribution is -2.20. The normalized spacial score (nSPS) is 17.1. The van der Waals surface area contributed by atoms with Gasteiger partial charge in [0.2, 0.25) is 0 Å². The second kappa shape index (κ2) is 4.06. The van der Waals surface area contributed by atoms with Gasteiger partial charge in [-0.25, -0.2) is 0 Å². The van der Waals surface area contributed by atoms with Crippen molar-refractivity contribution >= 4 is 6.29 Å². The van der Waals surface area contributed by atoms with Gasteiger partial charge < -0.3 is 4.79 Å². The minimum absolute atomic E-state index is 0.0900. The number of carbonyl (C=O) groups excluding carboxylic acids is 1. The summed E-state index contributed by atoms with van der Waals surface area (Å²) < 4.78 is 0. The number of aldehydes is 1. The van der Waals surface area contributed by atoms with Crippen LogP contribution in [0.2, 0.25) is 0 Å². The Labute approximate surface area is 76.6 Å². The average molecular weight is 170 g/mol. The number of hydrogen-bond acceptors (Lipinski definition) is 1. The monoisotopic (exact) mass is 170 g/mol. The first-order chi connectivity index (χ1) is 5.33. The molecule has 72 valence electrons. The molecule has 0 aliphatic heterocycles. The Bertz CT molecular complexity index is 144. The number of carbonyl (C=O) groups is 1. The van der Waals surface area contributed by atoms with Crippen molar-refractivity contribution in [3.8, 4) is 0 Å². The Kier molecular flexibility index (Phi) is 3.95. The molecule has 0 N–H and O–H groups in total. The number of rotatable bonds is 4. The number of hydrogen-bond donors (Lipinski definition) is 0. The maximum Gasteiger partial charge on any atom is 0.125 e. The SMILES string of the molecule is CCC(C)(C=O)CCC(C)(C)C. The molecule has 0 fully saturated rings. The third-order valence-corrected chi connectivity index (χ3v) is 2.54. The fraction of sp³-hybridized carbons (Fsp3) is 0.909. The summed E-state index contributed by atoms with van der Waals surface area (Å²) in [6.45, 7) is 10.8. The van der Waals surface area contributed by atoms with Gasteiger partial charge in [0.1, 0.15) is 6.29 Å². The van der Waals surface area contributed by atoms with Crippen molar-refractivity contribution < 1.29 is 4.79 Å². The van der Waals surface area contributed by atoms with Crippen molar-refractivity contribution in [2.75, 3.05) is 0 Å². The summed E-state index contributed by atoms with van der Waals surface area (Å²) >= 11 is 0. The zero-order valence-electron chi connectivity index (χ0n) is 9.11. The van der Waals surface area contributed by atoms with Crippen LogP contribution in [0.4, 0.5) is 0 Å². The van der Waals surface area contributed by atoms with E-state index in [0.29, 0.717) is 5.41 Å². The molecule has 0 radical (unpaired) electrons. The van der Waals surface area contributed by atoms with Crippen LogP contribution >= 0.6 is 0 Å². The summed E-state index contributed by atoms with van der Waals surface area (Å²) in [5.74, 6) is 0. The van der Waals surface area contributed by atoms with Crippen LogP contribution in [0, 0.1) is 10.8 Å². The van der Waals surface area contributed by atoms with Crippen molar-refractivity contribution in [2.45, 2.75) is 53.9 Å². The van der Waals surface area contributed by atoms with Gasteiger partial charge >= 0.3 is 0 Å². The first kappa shape index (κ1) is 11.7. The molecular weight excluding hydrogens is 148 g/mol. The third kappa shape index (κ3) is 4.53. The van der Waals surface area contributed by atoms with Crippen molar-refractivity contribution in [1.29, 1.82) is 0 Å². The maximum atomic E-state index is 10.8. The van der Waals surface area contributed by atoms with Gasteiger partial charge in [-0.1, -0.05) is 34.6 Å². The molecule has 1 heteroatoms. The highest BCUT2D eigenvalue weighted by molar-refractivity contribution is 5.58. The van der Waals surface area contributed by atoms with Crippen LogP contribution in [-0.2, 0) is 4.79 Å². The van der Waals surface area contributed by atoms with Gasteiger partial charge in [0.05, 0.1) is 0 Å². The fourth-order valence-corrected chi connectivity index (χ4v) is 0.980. The first-order valence-electron chi connectivity index (χ1n) is 4.79. The van der Waals surface area contributed by atoms with E-state index in [4.69, 9.17) is 0 Å². The molecule has 0 aromatic rings. The standard InChI is InChI=1S/C11H22O/c1-6-11(5,9-12)8-7-10(2,3)4/h9H,6-8H2,1-5H3. The summed E-state index contributed by atoms with van der Waals surface area (Å²) in [5, 5.41) is 0. The van der Waals surface area contributed by atoms with Crippen LogP contribution in [0.3, 0.4) is 0 Å². The summed E-state index contributed by atoms with van der Waals surface area (Å²) in [7, 11) is 0. The molecular formula is C11H22O. The quantitative estimate of drug-likeness (QED) is 0.591. The lowest BCUT2D eigenvalue weighted by atomic mass is 9.78. The molecule has 0 rings (SSSR count). The Morgan fingerprint density at radius 3 is 1.83 bits per heavy atom. The fourth-order valence-electron chi connectivity index (χ4n) is 0.980. The zero-order valence-corrected chi connectivity index (χ0v) is 9.11. The summed E-state index contributed by atoms with van der Waals surface area (Å²) in [6, 6.07) is 0. The second-order valence-electron chi connectivity index (χ2n) is 5.19. The van der Waals surface area contributed by atoms with E-state index in [1.807, 2.05) is 6.92 Å². The van der Waals surface area contributed by atoms with E-state index in [9.17, 15) is 4.79 Å². The van der Waals surface area contributed by atoms with Gasteiger partial charge in [-0.05, 0) is 24.7 Å². The van der Waals surface area contributed by atoms with Gasteiger partial charge in [0, 0.05) is 5.41 Å². The molecule has 0 spiro atoms.